The maximum Gasteiger partial charge on any atom is 0.236 e. The second-order valence-electron chi connectivity index (χ2n) is 3.91. The van der Waals surface area contributed by atoms with Crippen molar-refractivity contribution in [1.82, 2.24) is 10.1 Å². The van der Waals surface area contributed by atoms with Crippen LogP contribution in [0, 0.1) is 0 Å². The molecule has 2 rings (SSSR count). The molecule has 0 aliphatic carbocycles. The van der Waals surface area contributed by atoms with Gasteiger partial charge in [0.1, 0.15) is 0 Å². The van der Waals surface area contributed by atoms with Crippen molar-refractivity contribution in [2.24, 2.45) is 0 Å². The minimum atomic E-state index is 0.627. The first kappa shape index (κ1) is 12.2. The number of hydrogen-bond donors (Lipinski definition) is 0. The van der Waals surface area contributed by atoms with Crippen molar-refractivity contribution in [2.75, 3.05) is 0 Å². The molecule has 0 unspecified atom stereocenters. The lowest BCUT2D eigenvalue weighted by atomic mass is 10.2. The largest absolute Gasteiger partial charge is 0.338 e. The summed E-state index contributed by atoms with van der Waals surface area (Å²) in [4.78, 5) is 4.39. The topological polar surface area (TPSA) is 38.9 Å². The molecule has 3 nitrogen and oxygen atoms in total. The highest BCUT2D eigenvalue weighted by molar-refractivity contribution is 7.99. The average molecular weight is 248 g/mol. The second kappa shape index (κ2) is 5.87. The molecule has 0 aliphatic heterocycles. The summed E-state index contributed by atoms with van der Waals surface area (Å²) in [6, 6.07) is 9.88. The number of rotatable bonds is 5. The fourth-order valence-electron chi connectivity index (χ4n) is 1.35. The van der Waals surface area contributed by atoms with Gasteiger partial charge >= 0.3 is 0 Å². The predicted octanol–water partition coefficient (Wildman–Crippen LogP) is 3.77. The van der Waals surface area contributed by atoms with Crippen molar-refractivity contribution in [3.63, 3.8) is 0 Å². The number of aromatic nitrogens is 2. The molecule has 1 atom stereocenters. The van der Waals surface area contributed by atoms with Crippen LogP contribution in [0.25, 0.3) is 11.4 Å². The van der Waals surface area contributed by atoms with Gasteiger partial charge in [0, 0.05) is 10.8 Å². The SMILES string of the molecule is CC[C@@H](C)SCc1nc(-c2ccccc2)no1. The van der Waals surface area contributed by atoms with Gasteiger partial charge in [-0.3, -0.25) is 0 Å². The molecule has 1 aromatic heterocycles. The molecule has 0 saturated carbocycles. The number of thioether (sulfide) groups is 1. The van der Waals surface area contributed by atoms with E-state index in [1.54, 1.807) is 0 Å². The standard InChI is InChI=1S/C13H16N2OS/c1-3-10(2)17-9-12-14-13(15-16-12)11-7-5-4-6-8-11/h4-8,10H,3,9H2,1-2H3/t10-/m1/s1. The lowest BCUT2D eigenvalue weighted by molar-refractivity contribution is 0.391. The van der Waals surface area contributed by atoms with Gasteiger partial charge in [0.25, 0.3) is 0 Å². The van der Waals surface area contributed by atoms with Crippen LogP contribution in [0.15, 0.2) is 34.9 Å². The van der Waals surface area contributed by atoms with Crippen molar-refractivity contribution < 1.29 is 4.52 Å². The smallest absolute Gasteiger partial charge is 0.236 e. The third-order valence-corrected chi connectivity index (χ3v) is 3.88. The van der Waals surface area contributed by atoms with Crippen LogP contribution in [0.4, 0.5) is 0 Å². The van der Waals surface area contributed by atoms with Crippen LogP contribution in [0.2, 0.25) is 0 Å². The zero-order chi connectivity index (χ0) is 12.1. The summed E-state index contributed by atoms with van der Waals surface area (Å²) in [7, 11) is 0. The molecule has 17 heavy (non-hydrogen) atoms. The fraction of sp³-hybridized carbons (Fsp3) is 0.385. The Morgan fingerprint density at radius 3 is 2.76 bits per heavy atom. The lowest BCUT2D eigenvalue weighted by Crippen LogP contribution is -1.93. The van der Waals surface area contributed by atoms with Crippen LogP contribution in [-0.2, 0) is 5.75 Å². The van der Waals surface area contributed by atoms with Crippen LogP contribution < -0.4 is 0 Å². The summed E-state index contributed by atoms with van der Waals surface area (Å²) in [5, 5.41) is 4.62. The molecular weight excluding hydrogens is 232 g/mol. The predicted molar refractivity (Wildman–Crippen MR) is 70.8 cm³/mol. The van der Waals surface area contributed by atoms with Gasteiger partial charge in [-0.05, 0) is 6.42 Å². The summed E-state index contributed by atoms with van der Waals surface area (Å²) < 4.78 is 5.23. The minimum absolute atomic E-state index is 0.627. The van der Waals surface area contributed by atoms with Crippen LogP contribution in [0.3, 0.4) is 0 Å². The van der Waals surface area contributed by atoms with E-state index in [9.17, 15) is 0 Å². The Labute approximate surface area is 106 Å². The molecule has 4 heteroatoms. The van der Waals surface area contributed by atoms with Crippen molar-refractivity contribution in [3.05, 3.63) is 36.2 Å². The molecule has 1 aromatic carbocycles. The number of nitrogens with zero attached hydrogens (tertiary/aromatic N) is 2. The summed E-state index contributed by atoms with van der Waals surface area (Å²) in [6.07, 6.45) is 1.16. The first-order valence-corrected chi connectivity index (χ1v) is 6.84. The minimum Gasteiger partial charge on any atom is -0.338 e. The Kier molecular flexibility index (Phi) is 4.20. The highest BCUT2D eigenvalue weighted by Crippen LogP contribution is 2.21. The van der Waals surface area contributed by atoms with Gasteiger partial charge in [-0.15, -0.1) is 11.8 Å². The van der Waals surface area contributed by atoms with Crippen molar-refractivity contribution >= 4 is 11.8 Å². The Hall–Kier alpha value is -1.29. The summed E-state index contributed by atoms with van der Waals surface area (Å²) in [5.41, 5.74) is 0.996. The van der Waals surface area contributed by atoms with E-state index in [1.807, 2.05) is 42.1 Å². The molecule has 0 spiro atoms. The molecule has 0 bridgehead atoms. The van der Waals surface area contributed by atoms with E-state index < -0.39 is 0 Å². The van der Waals surface area contributed by atoms with Crippen molar-refractivity contribution in [1.29, 1.82) is 0 Å². The van der Waals surface area contributed by atoms with Crippen LogP contribution in [-0.4, -0.2) is 15.4 Å². The first-order valence-electron chi connectivity index (χ1n) is 5.79. The van der Waals surface area contributed by atoms with Crippen molar-refractivity contribution in [2.45, 2.75) is 31.3 Å². The molecule has 0 fully saturated rings. The third kappa shape index (κ3) is 3.33. The molecule has 90 valence electrons. The van der Waals surface area contributed by atoms with E-state index in [2.05, 4.69) is 24.0 Å². The highest BCUT2D eigenvalue weighted by atomic mass is 32.2. The molecule has 2 aromatic rings. The van der Waals surface area contributed by atoms with Gasteiger partial charge < -0.3 is 4.52 Å². The summed E-state index contributed by atoms with van der Waals surface area (Å²) in [5.74, 6) is 2.16. The van der Waals surface area contributed by atoms with E-state index in [0.29, 0.717) is 17.0 Å². The van der Waals surface area contributed by atoms with Gasteiger partial charge in [-0.1, -0.05) is 49.3 Å². The van der Waals surface area contributed by atoms with E-state index >= 15 is 0 Å². The summed E-state index contributed by atoms with van der Waals surface area (Å²) >= 11 is 1.84. The molecule has 1 heterocycles. The maximum atomic E-state index is 5.23. The Morgan fingerprint density at radius 1 is 1.29 bits per heavy atom. The van der Waals surface area contributed by atoms with Crippen LogP contribution in [0.5, 0.6) is 0 Å². The van der Waals surface area contributed by atoms with E-state index in [0.717, 1.165) is 17.7 Å². The van der Waals surface area contributed by atoms with Gasteiger partial charge in [-0.25, -0.2) is 0 Å². The molecule has 0 N–H and O–H groups in total. The molecular formula is C13H16N2OS. The van der Waals surface area contributed by atoms with E-state index in [1.165, 1.54) is 0 Å². The van der Waals surface area contributed by atoms with E-state index in [4.69, 9.17) is 4.52 Å². The number of benzene rings is 1. The molecule has 0 amide bonds. The first-order chi connectivity index (χ1) is 8.29. The Bertz CT molecular complexity index is 455. The zero-order valence-electron chi connectivity index (χ0n) is 10.1. The highest BCUT2D eigenvalue weighted by Gasteiger charge is 2.09. The normalized spacial score (nSPS) is 12.6. The van der Waals surface area contributed by atoms with Gasteiger partial charge in [-0.2, -0.15) is 4.98 Å². The maximum absolute atomic E-state index is 5.23. The van der Waals surface area contributed by atoms with Gasteiger partial charge in [0.2, 0.25) is 11.7 Å². The second-order valence-corrected chi connectivity index (χ2v) is 5.33. The van der Waals surface area contributed by atoms with Crippen LogP contribution in [0.1, 0.15) is 26.2 Å². The summed E-state index contributed by atoms with van der Waals surface area (Å²) in [6.45, 7) is 4.39. The Morgan fingerprint density at radius 2 is 2.06 bits per heavy atom. The fourth-order valence-corrected chi connectivity index (χ4v) is 2.13. The molecule has 0 radical (unpaired) electrons. The third-order valence-electron chi connectivity index (χ3n) is 2.57. The zero-order valence-corrected chi connectivity index (χ0v) is 10.9. The molecule has 0 saturated heterocycles. The lowest BCUT2D eigenvalue weighted by Gasteiger charge is -2.03. The van der Waals surface area contributed by atoms with E-state index in [-0.39, 0.29) is 0 Å². The van der Waals surface area contributed by atoms with Crippen molar-refractivity contribution in [3.8, 4) is 11.4 Å². The monoisotopic (exact) mass is 248 g/mol. The quantitative estimate of drug-likeness (QED) is 0.807. The van der Waals surface area contributed by atoms with Gasteiger partial charge in [0.05, 0.1) is 5.75 Å². The Balaban J connectivity index is 2.01. The van der Waals surface area contributed by atoms with Gasteiger partial charge in [0.15, 0.2) is 0 Å². The van der Waals surface area contributed by atoms with Crippen LogP contribution >= 0.6 is 11.8 Å². The molecule has 0 aliphatic rings. The average Bonchev–Trinajstić information content (AvgIpc) is 2.86. The number of hydrogen-bond acceptors (Lipinski definition) is 4.